The van der Waals surface area contributed by atoms with Crippen LogP contribution in [-0.2, 0) is 12.8 Å². The van der Waals surface area contributed by atoms with Gasteiger partial charge in [-0.1, -0.05) is 43.5 Å². The number of nitrogens with one attached hydrogen (secondary N) is 1. The molecule has 1 aromatic carbocycles. The van der Waals surface area contributed by atoms with E-state index >= 15 is 0 Å². The Balaban J connectivity index is 1.65. The van der Waals surface area contributed by atoms with Gasteiger partial charge in [0.25, 0.3) is 0 Å². The number of rotatable bonds is 4. The van der Waals surface area contributed by atoms with Gasteiger partial charge in [-0.2, -0.15) is 0 Å². The van der Waals surface area contributed by atoms with Crippen molar-refractivity contribution in [2.75, 3.05) is 33.2 Å². The van der Waals surface area contributed by atoms with Crippen LogP contribution in [0.15, 0.2) is 24.3 Å². The van der Waals surface area contributed by atoms with Gasteiger partial charge in [0.2, 0.25) is 0 Å². The second-order valence-corrected chi connectivity index (χ2v) is 7.14. The Bertz CT molecular complexity index is 416. The molecule has 1 heterocycles. The number of nitrogens with zero attached hydrogens (tertiary/aromatic N) is 1. The molecule has 0 saturated heterocycles. The fraction of sp³-hybridized carbons (Fsp3) is 0.684. The first-order valence-corrected chi connectivity index (χ1v) is 8.75. The predicted molar refractivity (Wildman–Crippen MR) is 89.7 cm³/mol. The van der Waals surface area contributed by atoms with Gasteiger partial charge in [-0.25, -0.2) is 0 Å². The number of benzene rings is 1. The highest BCUT2D eigenvalue weighted by molar-refractivity contribution is 5.28. The summed E-state index contributed by atoms with van der Waals surface area (Å²) in [7, 11) is 2.12. The molecule has 1 fully saturated rings. The van der Waals surface area contributed by atoms with Gasteiger partial charge in [0, 0.05) is 26.2 Å². The predicted octanol–water partition coefficient (Wildman–Crippen LogP) is 3.26. The van der Waals surface area contributed by atoms with Crippen molar-refractivity contribution in [3.8, 4) is 0 Å². The van der Waals surface area contributed by atoms with E-state index in [1.54, 1.807) is 11.1 Å². The van der Waals surface area contributed by atoms with Gasteiger partial charge >= 0.3 is 0 Å². The molecular weight excluding hydrogens is 256 g/mol. The van der Waals surface area contributed by atoms with Crippen LogP contribution in [0.3, 0.4) is 0 Å². The molecule has 21 heavy (non-hydrogen) atoms. The molecule has 1 N–H and O–H groups in total. The van der Waals surface area contributed by atoms with E-state index in [1.165, 1.54) is 71.1 Å². The van der Waals surface area contributed by atoms with Crippen LogP contribution in [0.25, 0.3) is 0 Å². The molecule has 2 aliphatic rings. The average molecular weight is 286 g/mol. The zero-order chi connectivity index (χ0) is 14.5. The highest BCUT2D eigenvalue weighted by atomic mass is 15.1. The molecule has 0 unspecified atom stereocenters. The molecule has 0 radical (unpaired) electrons. The van der Waals surface area contributed by atoms with Crippen LogP contribution in [0.2, 0.25) is 0 Å². The van der Waals surface area contributed by atoms with E-state index in [4.69, 9.17) is 0 Å². The van der Waals surface area contributed by atoms with Crippen LogP contribution in [-0.4, -0.2) is 38.1 Å². The molecular formula is C19H30N2. The van der Waals surface area contributed by atoms with Crippen LogP contribution < -0.4 is 5.32 Å². The number of fused-ring (bicyclic) bond motifs is 1. The molecule has 2 nitrogen and oxygen atoms in total. The van der Waals surface area contributed by atoms with E-state index in [-0.39, 0.29) is 0 Å². The van der Waals surface area contributed by atoms with Crippen molar-refractivity contribution in [1.29, 1.82) is 0 Å². The van der Waals surface area contributed by atoms with Crippen molar-refractivity contribution in [1.82, 2.24) is 10.2 Å². The van der Waals surface area contributed by atoms with Gasteiger partial charge in [0.05, 0.1) is 0 Å². The van der Waals surface area contributed by atoms with Gasteiger partial charge in [0.15, 0.2) is 0 Å². The number of hydrogen-bond donors (Lipinski definition) is 1. The molecule has 2 heteroatoms. The highest BCUT2D eigenvalue weighted by Gasteiger charge is 2.33. The summed E-state index contributed by atoms with van der Waals surface area (Å²) < 4.78 is 0. The first-order valence-electron chi connectivity index (χ1n) is 8.75. The van der Waals surface area contributed by atoms with E-state index < -0.39 is 0 Å². The lowest BCUT2D eigenvalue weighted by Crippen LogP contribution is -2.45. The Morgan fingerprint density at radius 3 is 2.19 bits per heavy atom. The molecule has 0 atom stereocenters. The lowest BCUT2D eigenvalue weighted by Gasteiger charge is -2.41. The quantitative estimate of drug-likeness (QED) is 0.914. The van der Waals surface area contributed by atoms with Gasteiger partial charge in [0.1, 0.15) is 0 Å². The Morgan fingerprint density at radius 1 is 1.00 bits per heavy atom. The third kappa shape index (κ3) is 3.67. The van der Waals surface area contributed by atoms with Crippen LogP contribution in [0.1, 0.15) is 43.2 Å². The lowest BCUT2D eigenvalue weighted by molar-refractivity contribution is 0.107. The zero-order valence-electron chi connectivity index (χ0n) is 13.5. The highest BCUT2D eigenvalue weighted by Crippen LogP contribution is 2.37. The summed E-state index contributed by atoms with van der Waals surface area (Å²) in [6.45, 7) is 4.96. The van der Waals surface area contributed by atoms with Crippen molar-refractivity contribution in [3.63, 3.8) is 0 Å². The van der Waals surface area contributed by atoms with E-state index in [0.29, 0.717) is 5.41 Å². The second-order valence-electron chi connectivity index (χ2n) is 7.14. The molecule has 1 aliphatic heterocycles. The SMILES string of the molecule is CNCC1(CN2CCc3ccccc3CC2)CCCCC1. The van der Waals surface area contributed by atoms with Crippen molar-refractivity contribution in [2.45, 2.75) is 44.9 Å². The van der Waals surface area contributed by atoms with Crippen LogP contribution in [0.5, 0.6) is 0 Å². The van der Waals surface area contributed by atoms with Crippen LogP contribution >= 0.6 is 0 Å². The topological polar surface area (TPSA) is 15.3 Å². The van der Waals surface area contributed by atoms with Crippen molar-refractivity contribution in [3.05, 3.63) is 35.4 Å². The minimum Gasteiger partial charge on any atom is -0.319 e. The lowest BCUT2D eigenvalue weighted by atomic mass is 9.73. The molecule has 3 rings (SSSR count). The molecule has 0 amide bonds. The first-order chi connectivity index (χ1) is 10.3. The maximum absolute atomic E-state index is 3.47. The fourth-order valence-corrected chi connectivity index (χ4v) is 4.41. The van der Waals surface area contributed by atoms with E-state index in [0.717, 1.165) is 0 Å². The minimum absolute atomic E-state index is 0.531. The smallest absolute Gasteiger partial charge is 0.00504 e. The molecule has 0 aromatic heterocycles. The maximum atomic E-state index is 3.47. The van der Waals surface area contributed by atoms with Crippen molar-refractivity contribution < 1.29 is 0 Å². The van der Waals surface area contributed by atoms with Crippen LogP contribution in [0.4, 0.5) is 0 Å². The maximum Gasteiger partial charge on any atom is 0.00504 e. The van der Waals surface area contributed by atoms with Crippen molar-refractivity contribution >= 4 is 0 Å². The Labute approximate surface area is 129 Å². The van der Waals surface area contributed by atoms with E-state index in [1.807, 2.05) is 0 Å². The molecule has 116 valence electrons. The minimum atomic E-state index is 0.531. The summed E-state index contributed by atoms with van der Waals surface area (Å²) in [5.74, 6) is 0. The van der Waals surface area contributed by atoms with Gasteiger partial charge in [-0.15, -0.1) is 0 Å². The summed E-state index contributed by atoms with van der Waals surface area (Å²) in [5.41, 5.74) is 3.68. The van der Waals surface area contributed by atoms with Gasteiger partial charge < -0.3 is 10.2 Å². The second kappa shape index (κ2) is 6.93. The summed E-state index contributed by atoms with van der Waals surface area (Å²) in [5, 5.41) is 3.47. The zero-order valence-corrected chi connectivity index (χ0v) is 13.5. The first kappa shape index (κ1) is 15.1. The van der Waals surface area contributed by atoms with Gasteiger partial charge in [-0.05, 0) is 49.3 Å². The standard InChI is InChI=1S/C19H30N2/c1-20-15-19(11-5-2-6-12-19)16-21-13-9-17-7-3-4-8-18(17)10-14-21/h3-4,7-8,20H,2,5-6,9-16H2,1H3. The summed E-state index contributed by atoms with van der Waals surface area (Å²) >= 11 is 0. The Morgan fingerprint density at radius 2 is 1.62 bits per heavy atom. The molecule has 1 aromatic rings. The Kier molecular flexibility index (Phi) is 4.97. The van der Waals surface area contributed by atoms with Gasteiger partial charge in [-0.3, -0.25) is 0 Å². The molecule has 0 spiro atoms. The molecule has 1 aliphatic carbocycles. The largest absolute Gasteiger partial charge is 0.319 e. The van der Waals surface area contributed by atoms with Crippen LogP contribution in [0, 0.1) is 5.41 Å². The van der Waals surface area contributed by atoms with E-state index in [9.17, 15) is 0 Å². The monoisotopic (exact) mass is 286 g/mol. The van der Waals surface area contributed by atoms with E-state index in [2.05, 4.69) is 41.5 Å². The third-order valence-corrected chi connectivity index (χ3v) is 5.54. The normalized spacial score (nSPS) is 22.5. The molecule has 1 saturated carbocycles. The summed E-state index contributed by atoms with van der Waals surface area (Å²) in [6.07, 6.45) is 9.58. The fourth-order valence-electron chi connectivity index (χ4n) is 4.41. The Hall–Kier alpha value is -0.860. The average Bonchev–Trinajstić information content (AvgIpc) is 2.71. The third-order valence-electron chi connectivity index (χ3n) is 5.54. The summed E-state index contributed by atoms with van der Waals surface area (Å²) in [6, 6.07) is 9.03. The number of hydrogen-bond acceptors (Lipinski definition) is 2. The van der Waals surface area contributed by atoms with Crippen molar-refractivity contribution in [2.24, 2.45) is 5.41 Å². The molecule has 0 bridgehead atoms. The summed E-state index contributed by atoms with van der Waals surface area (Å²) in [4.78, 5) is 2.74.